The molecule has 13 heteroatoms. The minimum Gasteiger partial charge on any atom is -0.372 e. The Bertz CT molecular complexity index is 1530. The molecule has 9 nitrogen and oxygen atoms in total. The fourth-order valence-electron chi connectivity index (χ4n) is 4.11. The number of aromatic nitrogens is 6. The molecule has 0 radical (unpaired) electrons. The van der Waals surface area contributed by atoms with Gasteiger partial charge in [0.15, 0.2) is 21.5 Å². The van der Waals surface area contributed by atoms with E-state index >= 15 is 0 Å². The van der Waals surface area contributed by atoms with Crippen molar-refractivity contribution in [1.82, 2.24) is 29.7 Å². The summed E-state index contributed by atoms with van der Waals surface area (Å²) in [5.41, 5.74) is 1.41. The van der Waals surface area contributed by atoms with Crippen molar-refractivity contribution in [3.63, 3.8) is 0 Å². The minimum atomic E-state index is -3.94. The first-order valence-corrected chi connectivity index (χ1v) is 13.6. The van der Waals surface area contributed by atoms with Gasteiger partial charge in [-0.1, -0.05) is 17.7 Å². The molecule has 3 heterocycles. The van der Waals surface area contributed by atoms with Crippen molar-refractivity contribution >= 4 is 21.4 Å². The van der Waals surface area contributed by atoms with Crippen LogP contribution >= 0.6 is 11.6 Å². The van der Waals surface area contributed by atoms with Gasteiger partial charge in [-0.25, -0.2) is 32.2 Å². The second kappa shape index (κ2) is 11.2. The van der Waals surface area contributed by atoms with E-state index in [-0.39, 0.29) is 23.0 Å². The Morgan fingerprint density at radius 1 is 1.05 bits per heavy atom. The molecule has 0 spiro atoms. The van der Waals surface area contributed by atoms with Crippen LogP contribution in [0.2, 0.25) is 5.02 Å². The fourth-order valence-corrected chi connectivity index (χ4v) is 5.64. The summed E-state index contributed by atoms with van der Waals surface area (Å²) < 4.78 is 62.3. The summed E-state index contributed by atoms with van der Waals surface area (Å²) in [7, 11) is -2.58. The van der Waals surface area contributed by atoms with Crippen molar-refractivity contribution in [3.05, 3.63) is 88.4 Å². The van der Waals surface area contributed by atoms with Crippen LogP contribution < -0.4 is 0 Å². The van der Waals surface area contributed by atoms with Crippen LogP contribution in [0.4, 0.5) is 8.78 Å². The standard InChI is InChI=1S/C25H25ClF2N6O3S/c1-14-6-5-7-21(31-14)25-33-32-22(34(25)15(2)17-8-19(27)10-20(28)9-17)13-38(35,36)16(3)23(37-4)24-29-11-18(26)12-30-24/h5-12,15-16,23H,13H2,1-4H3/t15-,16-,23-/m0/s1. The van der Waals surface area contributed by atoms with Crippen molar-refractivity contribution in [2.24, 2.45) is 0 Å². The number of halogens is 3. The molecule has 4 aromatic rings. The van der Waals surface area contributed by atoms with Gasteiger partial charge in [0.25, 0.3) is 0 Å². The van der Waals surface area contributed by atoms with E-state index in [9.17, 15) is 17.2 Å². The van der Waals surface area contributed by atoms with Crippen molar-refractivity contribution in [2.45, 2.75) is 43.9 Å². The van der Waals surface area contributed by atoms with Crippen LogP contribution in [0, 0.1) is 18.6 Å². The molecule has 0 N–H and O–H groups in total. The third kappa shape index (κ3) is 5.87. The maximum absolute atomic E-state index is 14.1. The zero-order chi connectivity index (χ0) is 27.6. The van der Waals surface area contributed by atoms with Crippen LogP contribution in [0.1, 0.15) is 48.9 Å². The summed E-state index contributed by atoms with van der Waals surface area (Å²) in [6.45, 7) is 4.96. The molecular weight excluding hydrogens is 538 g/mol. The van der Waals surface area contributed by atoms with Gasteiger partial charge in [-0.2, -0.15) is 0 Å². The number of nitrogens with zero attached hydrogens (tertiary/aromatic N) is 6. The van der Waals surface area contributed by atoms with Crippen LogP contribution in [0.5, 0.6) is 0 Å². The van der Waals surface area contributed by atoms with Gasteiger partial charge >= 0.3 is 0 Å². The lowest BCUT2D eigenvalue weighted by Gasteiger charge is -2.23. The van der Waals surface area contributed by atoms with E-state index in [0.717, 1.165) is 6.07 Å². The number of benzene rings is 1. The molecule has 38 heavy (non-hydrogen) atoms. The molecule has 0 bridgehead atoms. The van der Waals surface area contributed by atoms with E-state index < -0.39 is 44.6 Å². The molecule has 1 aromatic carbocycles. The lowest BCUT2D eigenvalue weighted by atomic mass is 10.1. The van der Waals surface area contributed by atoms with Gasteiger partial charge in [-0.15, -0.1) is 10.2 Å². The normalized spacial score (nSPS) is 14.3. The van der Waals surface area contributed by atoms with Crippen molar-refractivity contribution in [3.8, 4) is 11.5 Å². The van der Waals surface area contributed by atoms with E-state index in [1.165, 1.54) is 43.1 Å². The van der Waals surface area contributed by atoms with E-state index in [0.29, 0.717) is 16.4 Å². The van der Waals surface area contributed by atoms with Gasteiger partial charge < -0.3 is 9.30 Å². The van der Waals surface area contributed by atoms with E-state index in [4.69, 9.17) is 16.3 Å². The monoisotopic (exact) mass is 562 g/mol. The number of rotatable bonds is 9. The van der Waals surface area contributed by atoms with E-state index in [2.05, 4.69) is 25.1 Å². The third-order valence-corrected chi connectivity index (χ3v) is 8.35. The SMILES string of the molecule is CO[C@H](c1ncc(Cl)cn1)[C@H](C)S(=O)(=O)Cc1nnc(-c2cccc(C)n2)n1[C@@H](C)c1cc(F)cc(F)c1. The Hall–Kier alpha value is -3.35. The van der Waals surface area contributed by atoms with Gasteiger partial charge in [0.2, 0.25) is 0 Å². The first kappa shape index (κ1) is 27.7. The average Bonchev–Trinajstić information content (AvgIpc) is 3.27. The van der Waals surface area contributed by atoms with E-state index in [1.54, 1.807) is 32.0 Å². The molecule has 200 valence electrons. The Kier molecular flexibility index (Phi) is 8.14. The molecule has 0 fully saturated rings. The number of sulfone groups is 1. The molecule has 3 aromatic heterocycles. The lowest BCUT2D eigenvalue weighted by Crippen LogP contribution is -2.30. The van der Waals surface area contributed by atoms with Gasteiger partial charge in [0.1, 0.15) is 35.0 Å². The maximum Gasteiger partial charge on any atom is 0.183 e. The van der Waals surface area contributed by atoms with Gasteiger partial charge in [0, 0.05) is 31.3 Å². The van der Waals surface area contributed by atoms with Crippen molar-refractivity contribution in [1.29, 1.82) is 0 Å². The lowest BCUT2D eigenvalue weighted by molar-refractivity contribution is 0.0948. The first-order valence-electron chi connectivity index (χ1n) is 11.6. The molecule has 0 aliphatic heterocycles. The highest BCUT2D eigenvalue weighted by atomic mass is 35.5. The first-order chi connectivity index (χ1) is 18.0. The van der Waals surface area contributed by atoms with Gasteiger partial charge in [-0.3, -0.25) is 0 Å². The molecule has 3 atom stereocenters. The number of ether oxygens (including phenoxy) is 1. The second-order valence-electron chi connectivity index (χ2n) is 8.78. The number of aryl methyl sites for hydroxylation is 1. The Labute approximate surface area is 223 Å². The summed E-state index contributed by atoms with van der Waals surface area (Å²) in [6, 6.07) is 7.67. The summed E-state index contributed by atoms with van der Waals surface area (Å²) in [4.78, 5) is 12.7. The summed E-state index contributed by atoms with van der Waals surface area (Å²) in [6.07, 6.45) is 1.72. The molecule has 0 unspecified atom stereocenters. The molecule has 0 aliphatic rings. The Morgan fingerprint density at radius 2 is 1.71 bits per heavy atom. The van der Waals surface area contributed by atoms with Crippen LogP contribution in [-0.4, -0.2) is 50.5 Å². The fraction of sp³-hybridized carbons (Fsp3) is 0.320. The van der Waals surface area contributed by atoms with Gasteiger partial charge in [0.05, 0.1) is 16.3 Å². The van der Waals surface area contributed by atoms with Crippen LogP contribution in [0.15, 0.2) is 48.8 Å². The molecule has 0 saturated carbocycles. The number of hydrogen-bond acceptors (Lipinski definition) is 8. The molecule has 0 saturated heterocycles. The highest BCUT2D eigenvalue weighted by Gasteiger charge is 2.35. The highest BCUT2D eigenvalue weighted by Crippen LogP contribution is 2.30. The van der Waals surface area contributed by atoms with E-state index in [1.807, 2.05) is 0 Å². The quantitative estimate of drug-likeness (QED) is 0.289. The van der Waals surface area contributed by atoms with Crippen molar-refractivity contribution < 1.29 is 21.9 Å². The third-order valence-electron chi connectivity index (χ3n) is 6.11. The number of pyridine rings is 1. The predicted molar refractivity (Wildman–Crippen MR) is 137 cm³/mol. The molecule has 0 aliphatic carbocycles. The number of methoxy groups -OCH3 is 1. The second-order valence-corrected chi connectivity index (χ2v) is 11.6. The molecule has 4 rings (SSSR count). The topological polar surface area (TPSA) is 113 Å². The Balaban J connectivity index is 1.77. The smallest absolute Gasteiger partial charge is 0.183 e. The zero-order valence-electron chi connectivity index (χ0n) is 21.0. The predicted octanol–water partition coefficient (Wildman–Crippen LogP) is 4.67. The van der Waals surface area contributed by atoms with Gasteiger partial charge in [-0.05, 0) is 50.6 Å². The van der Waals surface area contributed by atoms with Crippen LogP contribution in [-0.2, 0) is 20.3 Å². The average molecular weight is 563 g/mol. The van der Waals surface area contributed by atoms with Crippen LogP contribution in [0.3, 0.4) is 0 Å². The Morgan fingerprint density at radius 3 is 2.32 bits per heavy atom. The van der Waals surface area contributed by atoms with Crippen LogP contribution in [0.25, 0.3) is 11.5 Å². The summed E-state index contributed by atoms with van der Waals surface area (Å²) >= 11 is 5.86. The zero-order valence-corrected chi connectivity index (χ0v) is 22.6. The highest BCUT2D eigenvalue weighted by molar-refractivity contribution is 7.91. The molecule has 0 amide bonds. The minimum absolute atomic E-state index is 0.0687. The summed E-state index contributed by atoms with van der Waals surface area (Å²) in [5, 5.41) is 7.61. The van der Waals surface area contributed by atoms with Crippen molar-refractivity contribution in [2.75, 3.05) is 7.11 Å². The summed E-state index contributed by atoms with van der Waals surface area (Å²) in [5.74, 6) is -1.58. The maximum atomic E-state index is 14.1. The molecular formula is C25H25ClF2N6O3S. The largest absolute Gasteiger partial charge is 0.372 e. The number of hydrogen-bond donors (Lipinski definition) is 0.